The van der Waals surface area contributed by atoms with Gasteiger partial charge < -0.3 is 14.8 Å². The molecule has 1 atom stereocenters. The minimum Gasteiger partial charge on any atom is -0.496 e. The Morgan fingerprint density at radius 2 is 2.35 bits per heavy atom. The Hall–Kier alpha value is -0.580. The van der Waals surface area contributed by atoms with Crippen molar-refractivity contribution in [3.05, 3.63) is 28.2 Å². The Bertz CT molecular complexity index is 364. The summed E-state index contributed by atoms with van der Waals surface area (Å²) in [5.41, 5.74) is 1.17. The van der Waals surface area contributed by atoms with Gasteiger partial charge in [0.15, 0.2) is 0 Å². The molecule has 1 aromatic rings. The summed E-state index contributed by atoms with van der Waals surface area (Å²) in [6.45, 7) is 2.75. The molecule has 0 amide bonds. The van der Waals surface area contributed by atoms with Gasteiger partial charge in [-0.05, 0) is 53.0 Å². The molecule has 0 bridgehead atoms. The molecule has 1 aliphatic heterocycles. The zero-order chi connectivity index (χ0) is 12.1. The van der Waals surface area contributed by atoms with Crippen LogP contribution in [0.5, 0.6) is 5.75 Å². The third kappa shape index (κ3) is 3.69. The highest BCUT2D eigenvalue weighted by molar-refractivity contribution is 9.10. The Morgan fingerprint density at radius 3 is 3.00 bits per heavy atom. The van der Waals surface area contributed by atoms with Crippen LogP contribution in [0.1, 0.15) is 18.4 Å². The fourth-order valence-corrected chi connectivity index (χ4v) is 2.56. The topological polar surface area (TPSA) is 30.5 Å². The maximum Gasteiger partial charge on any atom is 0.133 e. The van der Waals surface area contributed by atoms with Crippen molar-refractivity contribution in [2.75, 3.05) is 20.2 Å². The van der Waals surface area contributed by atoms with Crippen molar-refractivity contribution >= 4 is 15.9 Å². The lowest BCUT2D eigenvalue weighted by Crippen LogP contribution is -2.35. The standard InChI is InChI=1S/C13H18BrNO2/c1-16-13-5-4-10(7-12(13)14)9-17-11-3-2-6-15-8-11/h4-5,7,11,15H,2-3,6,8-9H2,1H3/t11-/m0/s1. The van der Waals surface area contributed by atoms with Gasteiger partial charge in [0.05, 0.1) is 24.3 Å². The van der Waals surface area contributed by atoms with Crippen LogP contribution in [0.25, 0.3) is 0 Å². The molecule has 17 heavy (non-hydrogen) atoms. The lowest BCUT2D eigenvalue weighted by atomic mass is 10.1. The molecule has 4 heteroatoms. The van der Waals surface area contributed by atoms with Gasteiger partial charge in [-0.3, -0.25) is 0 Å². The molecule has 94 valence electrons. The predicted octanol–water partition coefficient (Wildman–Crippen LogP) is 2.73. The normalized spacial score (nSPS) is 20.2. The Balaban J connectivity index is 1.87. The molecule has 1 saturated heterocycles. The van der Waals surface area contributed by atoms with E-state index < -0.39 is 0 Å². The number of halogens is 1. The fourth-order valence-electron chi connectivity index (χ4n) is 1.98. The zero-order valence-corrected chi connectivity index (χ0v) is 11.6. The highest BCUT2D eigenvalue weighted by Crippen LogP contribution is 2.26. The lowest BCUT2D eigenvalue weighted by Gasteiger charge is -2.23. The molecule has 1 heterocycles. The van der Waals surface area contributed by atoms with Crippen LogP contribution >= 0.6 is 15.9 Å². The number of rotatable bonds is 4. The van der Waals surface area contributed by atoms with Crippen LogP contribution in [0.2, 0.25) is 0 Å². The van der Waals surface area contributed by atoms with Crippen molar-refractivity contribution in [2.24, 2.45) is 0 Å². The van der Waals surface area contributed by atoms with E-state index in [1.165, 1.54) is 12.0 Å². The highest BCUT2D eigenvalue weighted by atomic mass is 79.9. The van der Waals surface area contributed by atoms with Gasteiger partial charge in [0, 0.05) is 6.54 Å². The first-order chi connectivity index (χ1) is 8.29. The average molecular weight is 300 g/mol. The van der Waals surface area contributed by atoms with E-state index in [0.717, 1.165) is 29.7 Å². The van der Waals surface area contributed by atoms with Gasteiger partial charge >= 0.3 is 0 Å². The van der Waals surface area contributed by atoms with Crippen molar-refractivity contribution in [3.63, 3.8) is 0 Å². The van der Waals surface area contributed by atoms with Crippen LogP contribution in [-0.2, 0) is 11.3 Å². The first kappa shape index (κ1) is 12.9. The second-order valence-corrected chi connectivity index (χ2v) is 5.10. The van der Waals surface area contributed by atoms with E-state index in [4.69, 9.17) is 9.47 Å². The quantitative estimate of drug-likeness (QED) is 0.927. The number of nitrogens with one attached hydrogen (secondary N) is 1. The van der Waals surface area contributed by atoms with Crippen molar-refractivity contribution < 1.29 is 9.47 Å². The number of hydrogen-bond acceptors (Lipinski definition) is 3. The third-order valence-corrected chi connectivity index (χ3v) is 3.57. The van der Waals surface area contributed by atoms with E-state index in [0.29, 0.717) is 12.7 Å². The first-order valence-electron chi connectivity index (χ1n) is 5.94. The zero-order valence-electron chi connectivity index (χ0n) is 10.0. The summed E-state index contributed by atoms with van der Waals surface area (Å²) in [7, 11) is 1.67. The minimum absolute atomic E-state index is 0.352. The maximum atomic E-state index is 5.87. The number of hydrogen-bond donors (Lipinski definition) is 1. The Kier molecular flexibility index (Phi) is 4.83. The second-order valence-electron chi connectivity index (χ2n) is 4.25. The van der Waals surface area contributed by atoms with E-state index in [9.17, 15) is 0 Å². The summed E-state index contributed by atoms with van der Waals surface area (Å²) in [6.07, 6.45) is 2.71. The molecule has 1 fully saturated rings. The highest BCUT2D eigenvalue weighted by Gasteiger charge is 2.13. The molecule has 0 aromatic heterocycles. The molecule has 1 N–H and O–H groups in total. The second kappa shape index (κ2) is 6.38. The van der Waals surface area contributed by atoms with Crippen molar-refractivity contribution in [2.45, 2.75) is 25.6 Å². The molecule has 3 nitrogen and oxygen atoms in total. The molecular formula is C13H18BrNO2. The summed E-state index contributed by atoms with van der Waals surface area (Å²) in [5.74, 6) is 0.855. The van der Waals surface area contributed by atoms with Crippen LogP contribution in [0.4, 0.5) is 0 Å². The smallest absolute Gasteiger partial charge is 0.133 e. The minimum atomic E-state index is 0.352. The van der Waals surface area contributed by atoms with E-state index in [-0.39, 0.29) is 0 Å². The fraction of sp³-hybridized carbons (Fsp3) is 0.538. The van der Waals surface area contributed by atoms with Gasteiger partial charge in [0.1, 0.15) is 5.75 Å². The van der Waals surface area contributed by atoms with Crippen LogP contribution in [0, 0.1) is 0 Å². The number of benzene rings is 1. The summed E-state index contributed by atoms with van der Waals surface area (Å²) in [5, 5.41) is 3.35. The third-order valence-electron chi connectivity index (χ3n) is 2.95. The van der Waals surface area contributed by atoms with Crippen molar-refractivity contribution in [1.82, 2.24) is 5.32 Å². The summed E-state index contributed by atoms with van der Waals surface area (Å²) >= 11 is 3.48. The predicted molar refractivity (Wildman–Crippen MR) is 71.4 cm³/mol. The van der Waals surface area contributed by atoms with Gasteiger partial charge in [-0.2, -0.15) is 0 Å². The lowest BCUT2D eigenvalue weighted by molar-refractivity contribution is 0.0252. The molecule has 2 rings (SSSR count). The molecule has 0 radical (unpaired) electrons. The largest absolute Gasteiger partial charge is 0.496 e. The number of methoxy groups -OCH3 is 1. The Morgan fingerprint density at radius 1 is 1.47 bits per heavy atom. The van der Waals surface area contributed by atoms with Crippen LogP contribution in [0.15, 0.2) is 22.7 Å². The molecule has 1 aliphatic rings. The summed E-state index contributed by atoms with van der Waals surface area (Å²) in [4.78, 5) is 0. The van der Waals surface area contributed by atoms with Crippen molar-refractivity contribution in [3.8, 4) is 5.75 Å². The van der Waals surface area contributed by atoms with Gasteiger partial charge in [-0.15, -0.1) is 0 Å². The van der Waals surface area contributed by atoms with E-state index in [1.54, 1.807) is 7.11 Å². The monoisotopic (exact) mass is 299 g/mol. The average Bonchev–Trinajstić information content (AvgIpc) is 2.38. The molecule has 0 unspecified atom stereocenters. The van der Waals surface area contributed by atoms with Crippen molar-refractivity contribution in [1.29, 1.82) is 0 Å². The SMILES string of the molecule is COc1ccc(CO[C@H]2CCCNC2)cc1Br. The summed E-state index contributed by atoms with van der Waals surface area (Å²) < 4.78 is 12.0. The molecule has 1 aromatic carbocycles. The molecular weight excluding hydrogens is 282 g/mol. The van der Waals surface area contributed by atoms with Gasteiger partial charge in [-0.1, -0.05) is 6.07 Å². The van der Waals surface area contributed by atoms with E-state index >= 15 is 0 Å². The number of piperidine rings is 1. The first-order valence-corrected chi connectivity index (χ1v) is 6.73. The van der Waals surface area contributed by atoms with Crippen LogP contribution < -0.4 is 10.1 Å². The maximum absolute atomic E-state index is 5.87. The van der Waals surface area contributed by atoms with Crippen LogP contribution in [-0.4, -0.2) is 26.3 Å². The number of ether oxygens (including phenoxy) is 2. The van der Waals surface area contributed by atoms with Crippen LogP contribution in [0.3, 0.4) is 0 Å². The van der Waals surface area contributed by atoms with E-state index in [2.05, 4.69) is 27.3 Å². The summed E-state index contributed by atoms with van der Waals surface area (Å²) in [6, 6.07) is 6.05. The van der Waals surface area contributed by atoms with Gasteiger partial charge in [-0.25, -0.2) is 0 Å². The molecule has 0 spiro atoms. The van der Waals surface area contributed by atoms with E-state index in [1.807, 2.05) is 12.1 Å². The molecule has 0 aliphatic carbocycles. The molecule has 0 saturated carbocycles. The Labute approximate surface area is 111 Å². The van der Waals surface area contributed by atoms with Gasteiger partial charge in [0.2, 0.25) is 0 Å². The van der Waals surface area contributed by atoms with Gasteiger partial charge in [0.25, 0.3) is 0 Å².